The van der Waals surface area contributed by atoms with Gasteiger partial charge in [-0.25, -0.2) is 0 Å². The fourth-order valence-corrected chi connectivity index (χ4v) is 2.65. The molecule has 2 fully saturated rings. The highest BCUT2D eigenvalue weighted by molar-refractivity contribution is 5.23. The Labute approximate surface area is 84.1 Å². The number of nitrogens with one attached hydrogen (secondary N) is 1. The zero-order valence-corrected chi connectivity index (χ0v) is 8.49. The number of aryl methyl sites for hydroxylation is 1. The fourth-order valence-electron chi connectivity index (χ4n) is 2.65. The van der Waals surface area contributed by atoms with Gasteiger partial charge in [0.05, 0.1) is 6.61 Å². The van der Waals surface area contributed by atoms with Crippen molar-refractivity contribution in [2.45, 2.75) is 12.5 Å². The minimum atomic E-state index is 0.404. The molecule has 3 heterocycles. The lowest BCUT2D eigenvalue weighted by Gasteiger charge is -2.47. The van der Waals surface area contributed by atoms with Gasteiger partial charge in [-0.3, -0.25) is 0 Å². The van der Waals surface area contributed by atoms with Crippen LogP contribution in [0.5, 0.6) is 0 Å². The summed E-state index contributed by atoms with van der Waals surface area (Å²) in [6, 6.07) is 2.72. The molecule has 3 rings (SSSR count). The van der Waals surface area contributed by atoms with Gasteiger partial charge < -0.3 is 14.6 Å². The third kappa shape index (κ3) is 1.06. The number of nitrogens with zero attached hydrogens (tertiary/aromatic N) is 1. The number of rotatable bonds is 1. The zero-order chi connectivity index (χ0) is 9.60. The van der Waals surface area contributed by atoms with E-state index < -0.39 is 0 Å². The van der Waals surface area contributed by atoms with Gasteiger partial charge in [0.25, 0.3) is 0 Å². The van der Waals surface area contributed by atoms with Crippen molar-refractivity contribution in [1.29, 1.82) is 0 Å². The lowest BCUT2D eigenvalue weighted by Crippen LogP contribution is -2.56. The molecule has 1 aromatic heterocycles. The van der Waals surface area contributed by atoms with Gasteiger partial charge in [0.2, 0.25) is 0 Å². The predicted octanol–water partition coefficient (Wildman–Crippen LogP) is 1.08. The summed E-state index contributed by atoms with van der Waals surface area (Å²) in [5, 5.41) is 3.51. The normalized spacial score (nSPS) is 36.2. The molecule has 1 N–H and O–H groups in total. The van der Waals surface area contributed by atoms with Crippen LogP contribution in [0, 0.1) is 5.41 Å². The van der Waals surface area contributed by atoms with Crippen molar-refractivity contribution in [2.24, 2.45) is 12.5 Å². The van der Waals surface area contributed by atoms with Gasteiger partial charge in [0.1, 0.15) is 0 Å². The second-order valence-corrected chi connectivity index (χ2v) is 4.59. The van der Waals surface area contributed by atoms with E-state index in [0.29, 0.717) is 11.5 Å². The van der Waals surface area contributed by atoms with Crippen molar-refractivity contribution in [3.63, 3.8) is 0 Å². The highest BCUT2D eigenvalue weighted by atomic mass is 16.5. The van der Waals surface area contributed by atoms with E-state index in [1.807, 2.05) is 0 Å². The Morgan fingerprint density at radius 2 is 2.57 bits per heavy atom. The first-order chi connectivity index (χ1) is 6.80. The molecule has 3 nitrogen and oxygen atoms in total. The maximum atomic E-state index is 5.51. The van der Waals surface area contributed by atoms with Crippen LogP contribution in [0.3, 0.4) is 0 Å². The van der Waals surface area contributed by atoms with Crippen molar-refractivity contribution < 1.29 is 4.74 Å². The van der Waals surface area contributed by atoms with E-state index in [1.165, 1.54) is 12.0 Å². The first-order valence-electron chi connectivity index (χ1n) is 5.23. The number of hydrogen-bond donors (Lipinski definition) is 1. The van der Waals surface area contributed by atoms with Gasteiger partial charge in [-0.05, 0) is 18.1 Å². The molecule has 76 valence electrons. The molecule has 1 spiro atoms. The molecule has 2 aliphatic heterocycles. The van der Waals surface area contributed by atoms with E-state index in [4.69, 9.17) is 4.74 Å². The predicted molar refractivity (Wildman–Crippen MR) is 54.0 cm³/mol. The highest BCUT2D eigenvalue weighted by Crippen LogP contribution is 2.46. The monoisotopic (exact) mass is 192 g/mol. The molecule has 0 aliphatic carbocycles. The van der Waals surface area contributed by atoms with Crippen LogP contribution in [-0.2, 0) is 11.8 Å². The van der Waals surface area contributed by atoms with Gasteiger partial charge in [0.15, 0.2) is 0 Å². The van der Waals surface area contributed by atoms with E-state index in [0.717, 1.165) is 19.8 Å². The molecular formula is C11H16N2O. The van der Waals surface area contributed by atoms with E-state index in [1.54, 1.807) is 0 Å². The molecule has 0 bridgehead atoms. The Bertz CT molecular complexity index is 339. The molecule has 2 unspecified atom stereocenters. The molecule has 2 aliphatic rings. The molecule has 0 radical (unpaired) electrons. The van der Waals surface area contributed by atoms with Crippen LogP contribution in [0.15, 0.2) is 18.5 Å². The Balaban J connectivity index is 1.86. The first kappa shape index (κ1) is 8.50. The van der Waals surface area contributed by atoms with Crippen molar-refractivity contribution >= 4 is 0 Å². The summed E-state index contributed by atoms with van der Waals surface area (Å²) in [6.45, 7) is 2.98. The SMILES string of the molecule is Cn1ccc(C2NCC23CCOC3)c1. The van der Waals surface area contributed by atoms with Gasteiger partial charge in [-0.15, -0.1) is 0 Å². The minimum Gasteiger partial charge on any atom is -0.381 e. The molecule has 2 saturated heterocycles. The molecule has 2 atom stereocenters. The van der Waals surface area contributed by atoms with Crippen molar-refractivity contribution in [2.75, 3.05) is 19.8 Å². The second-order valence-electron chi connectivity index (χ2n) is 4.59. The molecule has 0 saturated carbocycles. The Kier molecular flexibility index (Phi) is 1.73. The summed E-state index contributed by atoms with van der Waals surface area (Å²) in [5.41, 5.74) is 1.81. The number of ether oxygens (including phenoxy) is 1. The standard InChI is InChI=1S/C11H16N2O/c1-13-4-2-9(6-13)10-11(7-12-10)3-5-14-8-11/h2,4,6,10,12H,3,5,7-8H2,1H3. The number of aromatic nitrogens is 1. The van der Waals surface area contributed by atoms with Crippen LogP contribution in [0.1, 0.15) is 18.0 Å². The third-order valence-electron chi connectivity index (χ3n) is 3.59. The van der Waals surface area contributed by atoms with Crippen LogP contribution in [0.4, 0.5) is 0 Å². The average Bonchev–Trinajstić information content (AvgIpc) is 2.73. The third-order valence-corrected chi connectivity index (χ3v) is 3.59. The minimum absolute atomic E-state index is 0.404. The second kappa shape index (κ2) is 2.84. The van der Waals surface area contributed by atoms with Crippen LogP contribution in [0.25, 0.3) is 0 Å². The molecule has 3 heteroatoms. The highest BCUT2D eigenvalue weighted by Gasteiger charge is 2.49. The smallest absolute Gasteiger partial charge is 0.0553 e. The lowest BCUT2D eigenvalue weighted by atomic mass is 9.71. The average molecular weight is 192 g/mol. The molecule has 1 aromatic rings. The lowest BCUT2D eigenvalue weighted by molar-refractivity contribution is 0.0577. The van der Waals surface area contributed by atoms with Crippen LogP contribution in [-0.4, -0.2) is 24.3 Å². The van der Waals surface area contributed by atoms with Crippen LogP contribution in [0.2, 0.25) is 0 Å². The summed E-state index contributed by atoms with van der Waals surface area (Å²) < 4.78 is 7.62. The zero-order valence-electron chi connectivity index (χ0n) is 8.49. The molecule has 14 heavy (non-hydrogen) atoms. The van der Waals surface area contributed by atoms with Gasteiger partial charge in [0, 0.05) is 44.0 Å². The van der Waals surface area contributed by atoms with Crippen molar-refractivity contribution in [1.82, 2.24) is 9.88 Å². The topological polar surface area (TPSA) is 26.2 Å². The largest absolute Gasteiger partial charge is 0.381 e. The van der Waals surface area contributed by atoms with Crippen molar-refractivity contribution in [3.8, 4) is 0 Å². The maximum absolute atomic E-state index is 5.51. The summed E-state index contributed by atoms with van der Waals surface area (Å²) in [4.78, 5) is 0. The van der Waals surface area contributed by atoms with Crippen molar-refractivity contribution in [3.05, 3.63) is 24.0 Å². The Morgan fingerprint density at radius 3 is 3.07 bits per heavy atom. The summed E-state index contributed by atoms with van der Waals surface area (Å²) >= 11 is 0. The van der Waals surface area contributed by atoms with Crippen LogP contribution < -0.4 is 5.32 Å². The quantitative estimate of drug-likeness (QED) is 0.720. The first-order valence-corrected chi connectivity index (χ1v) is 5.23. The van der Waals surface area contributed by atoms with E-state index in [2.05, 4.69) is 35.4 Å². The van der Waals surface area contributed by atoms with Crippen LogP contribution >= 0.6 is 0 Å². The van der Waals surface area contributed by atoms with Gasteiger partial charge in [-0.1, -0.05) is 0 Å². The van der Waals surface area contributed by atoms with E-state index in [-0.39, 0.29) is 0 Å². The number of hydrogen-bond acceptors (Lipinski definition) is 2. The maximum Gasteiger partial charge on any atom is 0.0553 e. The molecule has 0 aromatic carbocycles. The summed E-state index contributed by atoms with van der Waals surface area (Å²) in [5.74, 6) is 0. The summed E-state index contributed by atoms with van der Waals surface area (Å²) in [7, 11) is 2.07. The molecule has 0 amide bonds. The summed E-state index contributed by atoms with van der Waals surface area (Å²) in [6.07, 6.45) is 5.52. The fraction of sp³-hybridized carbons (Fsp3) is 0.636. The van der Waals surface area contributed by atoms with Gasteiger partial charge in [-0.2, -0.15) is 0 Å². The Hall–Kier alpha value is -0.800. The van der Waals surface area contributed by atoms with E-state index >= 15 is 0 Å². The van der Waals surface area contributed by atoms with E-state index in [9.17, 15) is 0 Å². The van der Waals surface area contributed by atoms with Gasteiger partial charge >= 0.3 is 0 Å². The molecular weight excluding hydrogens is 176 g/mol. The Morgan fingerprint density at radius 1 is 1.64 bits per heavy atom.